The van der Waals surface area contributed by atoms with Crippen molar-refractivity contribution in [2.45, 2.75) is 146 Å². The highest BCUT2D eigenvalue weighted by molar-refractivity contribution is 6.09. The summed E-state index contributed by atoms with van der Waals surface area (Å²) in [6.07, 6.45) is 1.41. The van der Waals surface area contributed by atoms with E-state index in [2.05, 4.69) is 58.2 Å². The summed E-state index contributed by atoms with van der Waals surface area (Å²) >= 11 is 0. The summed E-state index contributed by atoms with van der Waals surface area (Å²) in [6, 6.07) is 4.00. The highest BCUT2D eigenvalue weighted by Gasteiger charge is 2.32. The zero-order valence-electron chi connectivity index (χ0n) is 53.9. The molecule has 2 aromatic carbocycles. The number of carboxylic acids is 3. The first-order chi connectivity index (χ1) is 46.1. The van der Waals surface area contributed by atoms with E-state index in [-0.39, 0.29) is 130 Å². The van der Waals surface area contributed by atoms with Gasteiger partial charge < -0.3 is 101 Å². The summed E-state index contributed by atoms with van der Waals surface area (Å²) in [5, 5.41) is 65.0. The smallest absolute Gasteiger partial charge is 0.336 e. The Morgan fingerprint density at radius 3 is 1.54 bits per heavy atom. The number of amides is 10. The number of hydrogen-bond donors (Lipinski definition) is 18. The van der Waals surface area contributed by atoms with Gasteiger partial charge in [0.25, 0.3) is 5.91 Å². The quantitative estimate of drug-likeness (QED) is 0.0101. The second kappa shape index (κ2) is 40.5. The van der Waals surface area contributed by atoms with E-state index >= 15 is 0 Å². The summed E-state index contributed by atoms with van der Waals surface area (Å²) in [5.41, 5.74) is 22.3. The molecular weight excluding hydrogens is 1270 g/mol. The second-order valence-electron chi connectivity index (χ2n) is 22.7. The third-order valence-corrected chi connectivity index (χ3v) is 14.9. The van der Waals surface area contributed by atoms with Gasteiger partial charge in [-0.05, 0) is 145 Å². The van der Waals surface area contributed by atoms with Crippen LogP contribution < -0.4 is 81.5 Å². The van der Waals surface area contributed by atoms with Crippen LogP contribution in [0.2, 0.25) is 0 Å². The van der Waals surface area contributed by atoms with Gasteiger partial charge in [0, 0.05) is 67.7 Å². The predicted molar refractivity (Wildman–Crippen MR) is 351 cm³/mol. The molecule has 4 rings (SSSR count). The van der Waals surface area contributed by atoms with Crippen LogP contribution in [0.25, 0.3) is 33.4 Å². The molecule has 1 aliphatic heterocycles. The lowest BCUT2D eigenvalue weighted by molar-refractivity contribution is -0.141. The number of aliphatic imine (C=N–C) groups is 1. The first kappa shape index (κ1) is 78.7. The number of aromatic hydroxyl groups is 1. The average Bonchev–Trinajstić information content (AvgIpc) is 0.749. The van der Waals surface area contributed by atoms with Crippen molar-refractivity contribution >= 4 is 93.9 Å². The summed E-state index contributed by atoms with van der Waals surface area (Å²) in [4.78, 5) is 185. The van der Waals surface area contributed by atoms with Crippen molar-refractivity contribution in [3.63, 3.8) is 0 Å². The van der Waals surface area contributed by atoms with Crippen LogP contribution in [0, 0.1) is 0 Å². The molecule has 1 heterocycles. The van der Waals surface area contributed by atoms with Crippen molar-refractivity contribution in [3.8, 4) is 28.2 Å². The molecule has 0 radical (unpaired) electrons. The molecular formula is C63H87N15O19. The van der Waals surface area contributed by atoms with Crippen LogP contribution in [0.1, 0.15) is 131 Å². The maximum absolute atomic E-state index is 14.1. The third-order valence-electron chi connectivity index (χ3n) is 14.9. The van der Waals surface area contributed by atoms with Gasteiger partial charge in [-0.2, -0.15) is 0 Å². The van der Waals surface area contributed by atoms with Crippen LogP contribution in [0.15, 0.2) is 68.8 Å². The number of carbonyl (C=O) groups excluding carboxylic acids is 10. The Morgan fingerprint density at radius 1 is 0.505 bits per heavy atom. The van der Waals surface area contributed by atoms with Crippen LogP contribution >= 0.6 is 0 Å². The number of nitrogens with zero attached hydrogens (tertiary/aromatic N) is 1. The number of unbranched alkanes of at least 4 members (excludes halogenated alkanes) is 4. The van der Waals surface area contributed by atoms with Gasteiger partial charge >= 0.3 is 17.9 Å². The Balaban J connectivity index is 1.53. The number of hydrogen-bond acceptors (Lipinski definition) is 19. The molecule has 97 heavy (non-hydrogen) atoms. The largest absolute Gasteiger partial charge is 0.508 e. The van der Waals surface area contributed by atoms with Crippen molar-refractivity contribution in [1.82, 2.24) is 53.2 Å². The molecule has 2 aromatic rings. The summed E-state index contributed by atoms with van der Waals surface area (Å²) < 4.78 is 5.90. The van der Waals surface area contributed by atoms with Gasteiger partial charge in [-0.25, -0.2) is 4.79 Å². The third kappa shape index (κ3) is 27.2. The van der Waals surface area contributed by atoms with Crippen LogP contribution in [-0.2, 0) is 52.7 Å². The van der Waals surface area contributed by atoms with Crippen molar-refractivity contribution in [2.24, 2.45) is 27.9 Å². The first-order valence-electron chi connectivity index (χ1n) is 31.4. The van der Waals surface area contributed by atoms with E-state index in [9.17, 15) is 87.5 Å². The van der Waals surface area contributed by atoms with Gasteiger partial charge in [0.15, 0.2) is 11.4 Å². The van der Waals surface area contributed by atoms with E-state index in [4.69, 9.17) is 27.4 Å². The highest BCUT2D eigenvalue weighted by atomic mass is 16.4. The fourth-order valence-electron chi connectivity index (χ4n) is 10.2. The lowest BCUT2D eigenvalue weighted by atomic mass is 9.90. The van der Waals surface area contributed by atoms with Crippen LogP contribution in [0.5, 0.6) is 5.75 Å². The number of guanidine groups is 1. The molecule has 0 saturated carbocycles. The maximum Gasteiger partial charge on any atom is 0.336 e. The number of aromatic carboxylic acids is 1. The van der Waals surface area contributed by atoms with E-state index in [1.807, 2.05) is 0 Å². The Hall–Kier alpha value is -10.8. The SMILES string of the molecule is CC(=O)NC(CCCN=C(N)N)C(=O)NCC(=O)NC(CC(=O)O)C(=O)NC(CCCCNC(=O)c1ccc(-c2c3ccc(=O)cc-3oc3cc(O)ccc23)c(C(=O)O)c1)C(=O)NCCCCC(NC(=O)C(CCCCN)NC(=O)C(CCCCN)NC(C)=O)C(=O)NCC(=O)O. The number of fused-ring (bicyclic) bond motifs is 2. The molecule has 1 aliphatic carbocycles. The van der Waals surface area contributed by atoms with Crippen molar-refractivity contribution in [3.05, 3.63) is 75.9 Å². The Labute approximate surface area is 556 Å². The lowest BCUT2D eigenvalue weighted by Gasteiger charge is -2.25. The molecule has 6 unspecified atom stereocenters. The molecule has 0 spiro atoms. The minimum absolute atomic E-state index is 0.0409. The Kier molecular flexibility index (Phi) is 32.8. The van der Waals surface area contributed by atoms with Gasteiger partial charge in [0.05, 0.1) is 18.5 Å². The number of carboxylic acid groups (broad SMARTS) is 3. The highest BCUT2D eigenvalue weighted by Crippen LogP contribution is 2.42. The van der Waals surface area contributed by atoms with Gasteiger partial charge in [0.1, 0.15) is 59.9 Å². The van der Waals surface area contributed by atoms with Crippen LogP contribution in [-0.4, -0.2) is 185 Å². The minimum Gasteiger partial charge on any atom is -0.508 e. The van der Waals surface area contributed by atoms with Crippen molar-refractivity contribution in [2.75, 3.05) is 45.8 Å². The van der Waals surface area contributed by atoms with E-state index in [0.717, 1.165) is 13.0 Å². The van der Waals surface area contributed by atoms with Gasteiger partial charge in [-0.15, -0.1) is 0 Å². The number of nitrogens with two attached hydrogens (primary N) is 4. The topological polar surface area (TPSA) is 570 Å². The molecule has 2 aliphatic rings. The fourth-order valence-corrected chi connectivity index (χ4v) is 10.2. The Morgan fingerprint density at radius 2 is 1.00 bits per heavy atom. The molecule has 528 valence electrons. The predicted octanol–water partition coefficient (Wildman–Crippen LogP) is -1.79. The molecule has 10 amide bonds. The van der Waals surface area contributed by atoms with E-state index in [1.165, 1.54) is 55.5 Å². The molecule has 0 fully saturated rings. The zero-order chi connectivity index (χ0) is 71.7. The average molecular weight is 1360 g/mol. The standard InChI is InChI=1S/C63H87N15O19/c1-34(79)73-43(16-11-27-70-63(66)67)57(90)71-32-51(83)75-48(31-52(84)85)61(94)77-44(14-5-9-25-68-55(88)36-17-20-39(42(28-36)62(95)96)54-40-21-18-37(81)29-49(40)97-50-30-38(82)19-22-41(50)54)56(89)69-26-10-6-15-45(58(91)72-33-53(86)87)76-60(93)47(13-4-8-24-65)78-59(92)46(74-35(2)80)12-3-7-23-64/h17-22,28-30,43-48,81H,3-16,23-27,31-33,64-65H2,1-2H3,(H,68,88)(H,69,89)(H,71,90)(H,72,91)(H,73,79)(H,74,80)(H,75,83)(H,76,93)(H,77,94)(H,78,92)(H,84,85)(H,86,87)(H,95,96)(H4,66,67,70). The molecule has 34 heteroatoms. The first-order valence-corrected chi connectivity index (χ1v) is 31.4. The number of phenols is 1. The van der Waals surface area contributed by atoms with Crippen LogP contribution in [0.3, 0.4) is 0 Å². The van der Waals surface area contributed by atoms with Crippen LogP contribution in [0.4, 0.5) is 0 Å². The maximum atomic E-state index is 14.1. The van der Waals surface area contributed by atoms with E-state index in [1.54, 1.807) is 0 Å². The van der Waals surface area contributed by atoms with Gasteiger partial charge in [0.2, 0.25) is 53.2 Å². The fraction of sp³-hybridized carbons (Fsp3) is 0.476. The molecule has 0 aromatic heterocycles. The van der Waals surface area contributed by atoms with Gasteiger partial charge in [-0.1, -0.05) is 6.07 Å². The summed E-state index contributed by atoms with van der Waals surface area (Å²) in [5.74, 6) is -12.6. The Bertz CT molecular complexity index is 3520. The van der Waals surface area contributed by atoms with Crippen molar-refractivity contribution in [1.29, 1.82) is 0 Å². The van der Waals surface area contributed by atoms with Gasteiger partial charge in [-0.3, -0.25) is 67.3 Å². The normalized spacial score (nSPS) is 12.8. The van der Waals surface area contributed by atoms with E-state index < -0.39 is 138 Å². The molecule has 0 saturated heterocycles. The summed E-state index contributed by atoms with van der Waals surface area (Å²) in [6.45, 7) is 1.23. The second-order valence-corrected chi connectivity index (χ2v) is 22.7. The number of aliphatic carboxylic acids is 2. The molecule has 34 nitrogen and oxygen atoms in total. The molecule has 0 bridgehead atoms. The number of carbonyl (C=O) groups is 13. The number of nitrogens with one attached hydrogen (secondary N) is 10. The molecule has 6 atom stereocenters. The zero-order valence-corrected chi connectivity index (χ0v) is 53.9. The monoisotopic (exact) mass is 1360 g/mol. The van der Waals surface area contributed by atoms with Crippen molar-refractivity contribution < 1.29 is 87.2 Å². The van der Waals surface area contributed by atoms with E-state index in [0.29, 0.717) is 48.7 Å². The lowest BCUT2D eigenvalue weighted by Crippen LogP contribution is -2.56. The number of phenolic OH excluding ortho intramolecular Hbond substituents is 1. The molecule has 22 N–H and O–H groups in total. The number of benzene rings is 3. The minimum atomic E-state index is -1.84. The summed E-state index contributed by atoms with van der Waals surface area (Å²) in [7, 11) is 0. The number of rotatable bonds is 43.